The number of hydrogen-bond acceptors (Lipinski definition) is 1. The molecular weight excluding hydrogens is 383 g/mol. The third kappa shape index (κ3) is 3.14. The summed E-state index contributed by atoms with van der Waals surface area (Å²) in [5, 5.41) is 0. The van der Waals surface area contributed by atoms with Crippen LogP contribution >= 0.6 is 34.2 Å². The molecule has 0 amide bonds. The van der Waals surface area contributed by atoms with E-state index in [1.54, 1.807) is 0 Å². The molecule has 0 spiro atoms. The second-order valence-electron chi connectivity index (χ2n) is 5.74. The lowest BCUT2D eigenvalue weighted by atomic mass is 9.87. The minimum absolute atomic E-state index is 0.496. The van der Waals surface area contributed by atoms with Crippen LogP contribution in [0.5, 0.6) is 0 Å². The van der Waals surface area contributed by atoms with Crippen molar-refractivity contribution in [3.63, 3.8) is 0 Å². The van der Waals surface area contributed by atoms with Crippen molar-refractivity contribution in [3.05, 3.63) is 27.6 Å². The van der Waals surface area contributed by atoms with Gasteiger partial charge < -0.3 is 4.57 Å². The monoisotopic (exact) mass is 402 g/mol. The van der Waals surface area contributed by atoms with Gasteiger partial charge in [0.25, 0.3) is 0 Å². The van der Waals surface area contributed by atoms with Crippen LogP contribution in [0.2, 0.25) is 0 Å². The van der Waals surface area contributed by atoms with Crippen LogP contribution in [-0.2, 0) is 12.4 Å². The normalized spacial score (nSPS) is 16.9. The molecule has 1 aliphatic rings. The summed E-state index contributed by atoms with van der Waals surface area (Å²) < 4.78 is 3.56. The third-order valence-electron chi connectivity index (χ3n) is 4.39. The summed E-state index contributed by atoms with van der Waals surface area (Å²) in [6, 6.07) is 6.48. The summed E-state index contributed by atoms with van der Waals surface area (Å²) in [6.07, 6.45) is 8.32. The molecule has 1 saturated carbocycles. The number of imidazole rings is 1. The molecule has 0 saturated heterocycles. The van der Waals surface area contributed by atoms with Gasteiger partial charge in [-0.2, -0.15) is 0 Å². The molecular formula is C16H20ClIN2. The first-order valence-corrected chi connectivity index (χ1v) is 9.10. The van der Waals surface area contributed by atoms with E-state index in [0.717, 1.165) is 23.8 Å². The third-order valence-corrected chi connectivity index (χ3v) is 5.30. The van der Waals surface area contributed by atoms with Crippen LogP contribution in [0.3, 0.4) is 0 Å². The van der Waals surface area contributed by atoms with Crippen molar-refractivity contribution in [3.8, 4) is 0 Å². The summed E-state index contributed by atoms with van der Waals surface area (Å²) >= 11 is 8.41. The second kappa shape index (κ2) is 6.65. The van der Waals surface area contributed by atoms with Crippen molar-refractivity contribution in [1.29, 1.82) is 0 Å². The quantitative estimate of drug-likeness (QED) is 0.498. The number of benzene rings is 1. The largest absolute Gasteiger partial charge is 0.327 e. The van der Waals surface area contributed by atoms with E-state index in [-0.39, 0.29) is 0 Å². The first kappa shape index (κ1) is 14.6. The average Bonchev–Trinajstić information content (AvgIpc) is 2.83. The van der Waals surface area contributed by atoms with Gasteiger partial charge in [-0.3, -0.25) is 0 Å². The van der Waals surface area contributed by atoms with Crippen molar-refractivity contribution >= 4 is 45.2 Å². The van der Waals surface area contributed by atoms with E-state index in [2.05, 4.69) is 50.3 Å². The minimum Gasteiger partial charge on any atom is -0.327 e. The molecule has 2 nitrogen and oxygen atoms in total. The number of aryl methyl sites for hydroxylation is 1. The Hall–Kier alpha value is -0.290. The molecule has 0 atom stereocenters. The predicted octanol–water partition coefficient (Wildman–Crippen LogP) is 5.35. The van der Waals surface area contributed by atoms with Crippen LogP contribution < -0.4 is 0 Å². The van der Waals surface area contributed by atoms with E-state index < -0.39 is 0 Å². The molecule has 108 valence electrons. The van der Waals surface area contributed by atoms with Crippen LogP contribution in [0.4, 0.5) is 0 Å². The molecule has 4 heteroatoms. The molecule has 1 aromatic carbocycles. The molecule has 20 heavy (non-hydrogen) atoms. The lowest BCUT2D eigenvalue weighted by Crippen LogP contribution is -2.11. The predicted molar refractivity (Wildman–Crippen MR) is 93.2 cm³/mol. The highest BCUT2D eigenvalue weighted by molar-refractivity contribution is 14.1. The smallest absolute Gasteiger partial charge is 0.124 e. The molecule has 3 rings (SSSR count). The number of halogens is 2. The summed E-state index contributed by atoms with van der Waals surface area (Å²) in [5.41, 5.74) is 2.31. The van der Waals surface area contributed by atoms with Crippen LogP contribution in [0.15, 0.2) is 18.2 Å². The van der Waals surface area contributed by atoms with E-state index in [4.69, 9.17) is 11.6 Å². The molecule has 1 fully saturated rings. The Morgan fingerprint density at radius 1 is 1.25 bits per heavy atom. The fourth-order valence-electron chi connectivity index (χ4n) is 3.29. The molecule has 1 heterocycles. The lowest BCUT2D eigenvalue weighted by Gasteiger charge is -2.22. The van der Waals surface area contributed by atoms with Gasteiger partial charge in [-0.1, -0.05) is 32.1 Å². The Morgan fingerprint density at radius 2 is 2.05 bits per heavy atom. The van der Waals surface area contributed by atoms with Crippen molar-refractivity contribution in [2.24, 2.45) is 5.92 Å². The van der Waals surface area contributed by atoms with Gasteiger partial charge in [-0.05, 0) is 53.1 Å². The van der Waals surface area contributed by atoms with Crippen molar-refractivity contribution < 1.29 is 0 Å². The maximum Gasteiger partial charge on any atom is 0.124 e. The zero-order valence-corrected chi connectivity index (χ0v) is 14.5. The highest BCUT2D eigenvalue weighted by Crippen LogP contribution is 2.28. The van der Waals surface area contributed by atoms with Crippen LogP contribution in [0.1, 0.15) is 44.3 Å². The average molecular weight is 403 g/mol. The Bertz CT molecular complexity index is 587. The number of aromatic nitrogens is 2. The fourth-order valence-corrected chi connectivity index (χ4v) is 3.97. The van der Waals surface area contributed by atoms with Crippen molar-refractivity contribution in [1.82, 2.24) is 9.55 Å². The lowest BCUT2D eigenvalue weighted by molar-refractivity contribution is 0.324. The summed E-state index contributed by atoms with van der Waals surface area (Å²) in [7, 11) is 0. The molecule has 0 N–H and O–H groups in total. The maximum atomic E-state index is 6.08. The Kier molecular flexibility index (Phi) is 4.87. The minimum atomic E-state index is 0.496. The Labute approximate surface area is 139 Å². The number of fused-ring (bicyclic) bond motifs is 1. The van der Waals surface area contributed by atoms with Crippen LogP contribution in [0.25, 0.3) is 11.0 Å². The second-order valence-corrected chi connectivity index (χ2v) is 7.25. The van der Waals surface area contributed by atoms with Gasteiger partial charge in [-0.15, -0.1) is 11.6 Å². The zero-order chi connectivity index (χ0) is 13.9. The number of alkyl halides is 1. The number of nitrogens with zero attached hydrogens (tertiary/aromatic N) is 2. The fraction of sp³-hybridized carbons (Fsp3) is 0.562. The highest BCUT2D eigenvalue weighted by Gasteiger charge is 2.15. The van der Waals surface area contributed by atoms with Gasteiger partial charge in [0.15, 0.2) is 0 Å². The van der Waals surface area contributed by atoms with Gasteiger partial charge in [0.05, 0.1) is 16.9 Å². The first-order chi connectivity index (χ1) is 9.78. The highest BCUT2D eigenvalue weighted by atomic mass is 127. The van der Waals surface area contributed by atoms with E-state index in [9.17, 15) is 0 Å². The molecule has 0 unspecified atom stereocenters. The first-order valence-electron chi connectivity index (χ1n) is 7.48. The number of rotatable bonds is 4. The Morgan fingerprint density at radius 3 is 2.80 bits per heavy atom. The van der Waals surface area contributed by atoms with Crippen molar-refractivity contribution in [2.75, 3.05) is 0 Å². The van der Waals surface area contributed by atoms with Crippen molar-refractivity contribution in [2.45, 2.75) is 50.9 Å². The van der Waals surface area contributed by atoms with Crippen LogP contribution in [-0.4, -0.2) is 9.55 Å². The Balaban J connectivity index is 1.81. The van der Waals surface area contributed by atoms with Gasteiger partial charge in [0.1, 0.15) is 5.82 Å². The molecule has 2 aromatic rings. The summed E-state index contributed by atoms with van der Waals surface area (Å²) in [4.78, 5) is 4.68. The molecule has 0 radical (unpaired) electrons. The molecule has 0 aliphatic heterocycles. The number of hydrogen-bond donors (Lipinski definition) is 0. The molecule has 1 aliphatic carbocycles. The molecule has 0 bridgehead atoms. The van der Waals surface area contributed by atoms with Gasteiger partial charge in [-0.25, -0.2) is 4.98 Å². The standard InChI is InChI=1S/C16H20ClIN2/c17-11-16-19-14-10-13(18)6-7-15(14)20(16)9-8-12-4-2-1-3-5-12/h6-7,10,12H,1-5,8-9,11H2. The SMILES string of the molecule is ClCc1nc2cc(I)ccc2n1CCC1CCCCC1. The van der Waals surface area contributed by atoms with E-state index in [1.165, 1.54) is 47.6 Å². The maximum absolute atomic E-state index is 6.08. The van der Waals surface area contributed by atoms with Gasteiger partial charge in [0, 0.05) is 10.1 Å². The van der Waals surface area contributed by atoms with E-state index >= 15 is 0 Å². The van der Waals surface area contributed by atoms with E-state index in [1.807, 2.05) is 0 Å². The zero-order valence-electron chi connectivity index (χ0n) is 11.6. The van der Waals surface area contributed by atoms with E-state index in [0.29, 0.717) is 5.88 Å². The molecule has 1 aromatic heterocycles. The van der Waals surface area contributed by atoms with Gasteiger partial charge >= 0.3 is 0 Å². The summed E-state index contributed by atoms with van der Waals surface area (Å²) in [5.74, 6) is 2.41. The topological polar surface area (TPSA) is 17.8 Å². The van der Waals surface area contributed by atoms with Gasteiger partial charge in [0.2, 0.25) is 0 Å². The van der Waals surface area contributed by atoms with Crippen LogP contribution in [0, 0.1) is 9.49 Å². The summed E-state index contributed by atoms with van der Waals surface area (Å²) in [6.45, 7) is 1.06.